The summed E-state index contributed by atoms with van der Waals surface area (Å²) in [4.78, 5) is 18.5. The van der Waals surface area contributed by atoms with Crippen molar-refractivity contribution in [2.24, 2.45) is 5.10 Å². The Morgan fingerprint density at radius 3 is 2.33 bits per heavy atom. The normalized spacial score (nSPS) is 18.2. The highest BCUT2D eigenvalue weighted by Gasteiger charge is 2.36. The Bertz CT molecular complexity index is 1330. The van der Waals surface area contributed by atoms with E-state index in [1.165, 1.54) is 11.1 Å². The number of hydrogen-bond donors (Lipinski definition) is 0. The molecule has 204 valence electrons. The zero-order chi connectivity index (χ0) is 27.4. The molecule has 0 aliphatic carbocycles. The minimum Gasteiger partial charge on any atom is -0.497 e. The first-order chi connectivity index (χ1) is 18.9. The van der Waals surface area contributed by atoms with Crippen LogP contribution >= 0.6 is 0 Å². The second kappa shape index (κ2) is 12.0. The van der Waals surface area contributed by atoms with Crippen molar-refractivity contribution in [2.75, 3.05) is 46.9 Å². The molecule has 0 saturated carbocycles. The lowest BCUT2D eigenvalue weighted by Gasteiger charge is -2.35. The van der Waals surface area contributed by atoms with Crippen molar-refractivity contribution < 1.29 is 14.3 Å². The van der Waals surface area contributed by atoms with Crippen molar-refractivity contribution in [3.05, 3.63) is 94.5 Å². The van der Waals surface area contributed by atoms with Crippen LogP contribution in [0.3, 0.4) is 0 Å². The molecule has 0 spiro atoms. The van der Waals surface area contributed by atoms with Gasteiger partial charge in [-0.15, -0.1) is 0 Å². The number of hydrazone groups is 1. The molecule has 7 nitrogen and oxygen atoms in total. The standard InChI is InChI=1S/C32H38N4O3/c1-23-10-12-27(24(2)18-23)29-20-30(28-19-26(38-3)11-13-31(28)39-4)36(33-29)32(37)22-35-16-14-34(15-17-35)21-25-8-6-5-7-9-25/h5-13,18-19,30H,14-17,20-22H2,1-4H3. The smallest absolute Gasteiger partial charge is 0.257 e. The van der Waals surface area contributed by atoms with Gasteiger partial charge in [0, 0.05) is 50.3 Å². The Balaban J connectivity index is 1.35. The summed E-state index contributed by atoms with van der Waals surface area (Å²) >= 11 is 0. The van der Waals surface area contributed by atoms with Crippen molar-refractivity contribution in [3.8, 4) is 11.5 Å². The maximum atomic E-state index is 13.8. The zero-order valence-corrected chi connectivity index (χ0v) is 23.4. The van der Waals surface area contributed by atoms with E-state index in [2.05, 4.69) is 66.1 Å². The average molecular weight is 527 g/mol. The molecule has 3 aromatic rings. The summed E-state index contributed by atoms with van der Waals surface area (Å²) in [5.74, 6) is 1.46. The van der Waals surface area contributed by atoms with E-state index in [0.717, 1.165) is 66.6 Å². The molecule has 1 unspecified atom stereocenters. The molecule has 2 heterocycles. The Morgan fingerprint density at radius 1 is 0.897 bits per heavy atom. The van der Waals surface area contributed by atoms with Crippen LogP contribution in [0.5, 0.6) is 11.5 Å². The minimum absolute atomic E-state index is 0.00106. The van der Waals surface area contributed by atoms with E-state index in [-0.39, 0.29) is 11.9 Å². The number of rotatable bonds is 8. The quantitative estimate of drug-likeness (QED) is 0.422. The molecule has 39 heavy (non-hydrogen) atoms. The average Bonchev–Trinajstić information content (AvgIpc) is 3.39. The van der Waals surface area contributed by atoms with E-state index in [4.69, 9.17) is 14.6 Å². The van der Waals surface area contributed by atoms with Gasteiger partial charge in [-0.25, -0.2) is 5.01 Å². The molecule has 5 rings (SSSR count). The molecule has 7 heteroatoms. The number of aryl methyl sites for hydroxylation is 2. The number of amides is 1. The summed E-state index contributed by atoms with van der Waals surface area (Å²) in [6, 6.07) is 22.4. The molecule has 0 bridgehead atoms. The van der Waals surface area contributed by atoms with E-state index in [1.807, 2.05) is 24.3 Å². The molecular formula is C32H38N4O3. The monoisotopic (exact) mass is 526 g/mol. The largest absolute Gasteiger partial charge is 0.497 e. The maximum absolute atomic E-state index is 13.8. The Hall–Kier alpha value is -3.68. The molecule has 1 fully saturated rings. The number of carbonyl (C=O) groups is 1. The predicted octanol–water partition coefficient (Wildman–Crippen LogP) is 4.82. The minimum atomic E-state index is -0.266. The Morgan fingerprint density at radius 2 is 1.64 bits per heavy atom. The Kier molecular flexibility index (Phi) is 8.29. The highest BCUT2D eigenvalue weighted by Crippen LogP contribution is 2.39. The number of nitrogens with zero attached hydrogens (tertiary/aromatic N) is 4. The lowest BCUT2D eigenvalue weighted by molar-refractivity contribution is -0.134. The third kappa shape index (κ3) is 6.15. The number of ether oxygens (including phenoxy) is 2. The van der Waals surface area contributed by atoms with Crippen LogP contribution in [-0.2, 0) is 11.3 Å². The van der Waals surface area contributed by atoms with Gasteiger partial charge in [0.25, 0.3) is 5.91 Å². The van der Waals surface area contributed by atoms with Gasteiger partial charge in [0.1, 0.15) is 11.5 Å². The van der Waals surface area contributed by atoms with Crippen molar-refractivity contribution in [1.82, 2.24) is 14.8 Å². The molecule has 1 atom stereocenters. The lowest BCUT2D eigenvalue weighted by atomic mass is 9.94. The fourth-order valence-corrected chi connectivity index (χ4v) is 5.59. The van der Waals surface area contributed by atoms with Gasteiger partial charge in [0.05, 0.1) is 32.5 Å². The summed E-state index contributed by atoms with van der Waals surface area (Å²) in [7, 11) is 3.31. The highest BCUT2D eigenvalue weighted by molar-refractivity contribution is 6.04. The van der Waals surface area contributed by atoms with Gasteiger partial charge in [0.2, 0.25) is 0 Å². The van der Waals surface area contributed by atoms with Crippen molar-refractivity contribution in [2.45, 2.75) is 32.9 Å². The Labute approximate surface area is 231 Å². The van der Waals surface area contributed by atoms with E-state index in [1.54, 1.807) is 19.2 Å². The third-order valence-electron chi connectivity index (χ3n) is 7.73. The topological polar surface area (TPSA) is 57.6 Å². The highest BCUT2D eigenvalue weighted by atomic mass is 16.5. The van der Waals surface area contributed by atoms with Gasteiger partial charge >= 0.3 is 0 Å². The van der Waals surface area contributed by atoms with Crippen LogP contribution in [0.4, 0.5) is 0 Å². The zero-order valence-electron chi connectivity index (χ0n) is 23.4. The van der Waals surface area contributed by atoms with Gasteiger partial charge in [-0.05, 0) is 43.2 Å². The number of piperazine rings is 1. The van der Waals surface area contributed by atoms with Gasteiger partial charge in [0.15, 0.2) is 0 Å². The van der Waals surface area contributed by atoms with Crippen molar-refractivity contribution >= 4 is 11.6 Å². The van der Waals surface area contributed by atoms with E-state index in [9.17, 15) is 4.79 Å². The SMILES string of the molecule is COc1ccc(OC)c(C2CC(c3ccc(C)cc3C)=NN2C(=O)CN2CCN(Cc3ccccc3)CC2)c1. The lowest BCUT2D eigenvalue weighted by Crippen LogP contribution is -2.49. The van der Waals surface area contributed by atoms with Gasteiger partial charge in [-0.3, -0.25) is 14.6 Å². The second-order valence-corrected chi connectivity index (χ2v) is 10.5. The predicted molar refractivity (Wildman–Crippen MR) is 154 cm³/mol. The van der Waals surface area contributed by atoms with Crippen LogP contribution in [-0.4, -0.2) is 73.4 Å². The summed E-state index contributed by atoms with van der Waals surface area (Å²) in [6.07, 6.45) is 0.615. The summed E-state index contributed by atoms with van der Waals surface area (Å²) in [5.41, 5.74) is 6.60. The maximum Gasteiger partial charge on any atom is 0.257 e. The number of benzene rings is 3. The number of carbonyl (C=O) groups excluding carboxylic acids is 1. The first kappa shape index (κ1) is 26.9. The van der Waals surface area contributed by atoms with Crippen LogP contribution in [0, 0.1) is 13.8 Å². The van der Waals surface area contributed by atoms with Crippen LogP contribution in [0.25, 0.3) is 0 Å². The molecule has 1 amide bonds. The molecule has 1 saturated heterocycles. The molecule has 2 aliphatic rings. The first-order valence-corrected chi connectivity index (χ1v) is 13.6. The first-order valence-electron chi connectivity index (χ1n) is 13.6. The molecule has 2 aliphatic heterocycles. The molecular weight excluding hydrogens is 488 g/mol. The summed E-state index contributed by atoms with van der Waals surface area (Å²) in [6.45, 7) is 9.05. The van der Waals surface area contributed by atoms with Crippen LogP contribution in [0.2, 0.25) is 0 Å². The molecule has 0 N–H and O–H groups in total. The fraction of sp³-hybridized carbons (Fsp3) is 0.375. The van der Waals surface area contributed by atoms with Crippen LogP contribution < -0.4 is 9.47 Å². The second-order valence-electron chi connectivity index (χ2n) is 10.5. The van der Waals surface area contributed by atoms with E-state index < -0.39 is 0 Å². The molecule has 3 aromatic carbocycles. The van der Waals surface area contributed by atoms with Crippen LogP contribution in [0.1, 0.15) is 40.3 Å². The van der Waals surface area contributed by atoms with Crippen LogP contribution in [0.15, 0.2) is 71.8 Å². The van der Waals surface area contributed by atoms with E-state index in [0.29, 0.717) is 13.0 Å². The summed E-state index contributed by atoms with van der Waals surface area (Å²) < 4.78 is 11.2. The van der Waals surface area contributed by atoms with Crippen molar-refractivity contribution in [3.63, 3.8) is 0 Å². The van der Waals surface area contributed by atoms with Gasteiger partial charge in [-0.2, -0.15) is 5.10 Å². The van der Waals surface area contributed by atoms with Crippen molar-refractivity contribution in [1.29, 1.82) is 0 Å². The number of hydrogen-bond acceptors (Lipinski definition) is 6. The van der Waals surface area contributed by atoms with Gasteiger partial charge < -0.3 is 9.47 Å². The summed E-state index contributed by atoms with van der Waals surface area (Å²) in [5, 5.41) is 6.62. The van der Waals surface area contributed by atoms with Gasteiger partial charge in [-0.1, -0.05) is 54.1 Å². The third-order valence-corrected chi connectivity index (χ3v) is 7.73. The molecule has 0 aromatic heterocycles. The number of methoxy groups -OCH3 is 2. The molecule has 0 radical (unpaired) electrons. The fourth-order valence-electron chi connectivity index (χ4n) is 5.59. The van der Waals surface area contributed by atoms with E-state index >= 15 is 0 Å².